The van der Waals surface area contributed by atoms with Crippen LogP contribution in [0.4, 0.5) is 0 Å². The molecule has 0 aromatic carbocycles. The lowest BCUT2D eigenvalue weighted by atomic mass is 10.3. The van der Waals surface area contributed by atoms with Gasteiger partial charge in [-0.1, -0.05) is 25.6 Å². The second-order valence-corrected chi connectivity index (χ2v) is 8.42. The molecular formula is C9H16OSi. The lowest BCUT2D eigenvalue weighted by molar-refractivity contribution is 0.331. The fourth-order valence-corrected chi connectivity index (χ4v) is 0.927. The van der Waals surface area contributed by atoms with Crippen LogP contribution in [0.3, 0.4) is 0 Å². The van der Waals surface area contributed by atoms with Crippen LogP contribution in [0.2, 0.25) is 19.6 Å². The summed E-state index contributed by atoms with van der Waals surface area (Å²) in [6, 6.07) is 0. The minimum absolute atomic E-state index is 0.111. The molecule has 0 bridgehead atoms. The van der Waals surface area contributed by atoms with Crippen LogP contribution in [0.25, 0.3) is 0 Å². The highest BCUT2D eigenvalue weighted by Gasteiger charge is 2.06. The van der Waals surface area contributed by atoms with E-state index in [1.807, 2.05) is 6.92 Å². The second kappa shape index (κ2) is 4.37. The molecule has 0 spiro atoms. The molecule has 0 aliphatic rings. The van der Waals surface area contributed by atoms with E-state index in [1.165, 1.54) is 0 Å². The SMILES string of the molecule is C/C(=C/C#C[Si](C)(C)C)CO. The quantitative estimate of drug-likeness (QED) is 0.467. The molecule has 2 heteroatoms. The van der Waals surface area contributed by atoms with E-state index in [0.29, 0.717) is 0 Å². The summed E-state index contributed by atoms with van der Waals surface area (Å²) in [6.07, 6.45) is 1.79. The van der Waals surface area contributed by atoms with E-state index >= 15 is 0 Å². The third-order valence-electron chi connectivity index (χ3n) is 1.02. The molecule has 0 heterocycles. The number of aliphatic hydroxyl groups excluding tert-OH is 1. The normalized spacial score (nSPS) is 12.3. The van der Waals surface area contributed by atoms with Crippen molar-refractivity contribution in [3.8, 4) is 11.5 Å². The average Bonchev–Trinajstić information content (AvgIpc) is 1.85. The Morgan fingerprint density at radius 1 is 1.45 bits per heavy atom. The molecule has 11 heavy (non-hydrogen) atoms. The molecule has 62 valence electrons. The summed E-state index contributed by atoms with van der Waals surface area (Å²) in [7, 11) is -1.22. The van der Waals surface area contributed by atoms with Gasteiger partial charge in [-0.25, -0.2) is 0 Å². The third-order valence-corrected chi connectivity index (χ3v) is 1.91. The van der Waals surface area contributed by atoms with E-state index < -0.39 is 8.07 Å². The molecule has 0 fully saturated rings. The van der Waals surface area contributed by atoms with Crippen LogP contribution in [-0.2, 0) is 0 Å². The van der Waals surface area contributed by atoms with E-state index in [2.05, 4.69) is 31.1 Å². The lowest BCUT2D eigenvalue weighted by Crippen LogP contribution is -2.16. The molecular weight excluding hydrogens is 152 g/mol. The van der Waals surface area contributed by atoms with E-state index in [4.69, 9.17) is 5.11 Å². The Morgan fingerprint density at radius 3 is 2.36 bits per heavy atom. The molecule has 0 unspecified atom stereocenters. The number of rotatable bonds is 1. The molecule has 0 aromatic rings. The van der Waals surface area contributed by atoms with Gasteiger partial charge in [-0.05, 0) is 18.6 Å². The van der Waals surface area contributed by atoms with Gasteiger partial charge in [0.05, 0.1) is 6.61 Å². The van der Waals surface area contributed by atoms with Gasteiger partial charge in [-0.2, -0.15) is 0 Å². The monoisotopic (exact) mass is 168 g/mol. The highest BCUT2D eigenvalue weighted by atomic mass is 28.3. The number of allylic oxidation sites excluding steroid dienone is 1. The molecule has 0 aliphatic heterocycles. The molecule has 0 atom stereocenters. The predicted octanol–water partition coefficient (Wildman–Crippen LogP) is 1.81. The summed E-state index contributed by atoms with van der Waals surface area (Å²) in [5, 5.41) is 8.64. The van der Waals surface area contributed by atoms with Gasteiger partial charge in [0.2, 0.25) is 0 Å². The molecule has 0 rings (SSSR count). The zero-order chi connectivity index (χ0) is 8.91. The van der Waals surface area contributed by atoms with Gasteiger partial charge in [-0.3, -0.25) is 0 Å². The minimum Gasteiger partial charge on any atom is -0.392 e. The van der Waals surface area contributed by atoms with Crippen molar-refractivity contribution in [2.45, 2.75) is 26.6 Å². The van der Waals surface area contributed by atoms with Crippen LogP contribution in [0.15, 0.2) is 11.6 Å². The fraction of sp³-hybridized carbons (Fsp3) is 0.556. The van der Waals surface area contributed by atoms with Gasteiger partial charge in [-0.15, -0.1) is 5.54 Å². The standard InChI is InChI=1S/C9H16OSi/c1-9(8-10)6-5-7-11(2,3)4/h6,10H,8H2,1-4H3/b9-6-. The molecule has 1 nitrogen and oxygen atoms in total. The molecule has 0 aliphatic carbocycles. The number of hydrogen-bond donors (Lipinski definition) is 1. The Morgan fingerprint density at radius 2 is 2.00 bits per heavy atom. The van der Waals surface area contributed by atoms with Gasteiger partial charge < -0.3 is 5.11 Å². The van der Waals surface area contributed by atoms with E-state index in [0.717, 1.165) is 5.57 Å². The first-order chi connectivity index (χ1) is 4.95. The van der Waals surface area contributed by atoms with Gasteiger partial charge >= 0.3 is 0 Å². The first-order valence-electron chi connectivity index (χ1n) is 3.75. The van der Waals surface area contributed by atoms with E-state index in [9.17, 15) is 0 Å². The third kappa shape index (κ3) is 7.37. The Balaban J connectivity index is 4.11. The summed E-state index contributed by atoms with van der Waals surface area (Å²) >= 11 is 0. The summed E-state index contributed by atoms with van der Waals surface area (Å²) in [5.41, 5.74) is 4.12. The van der Waals surface area contributed by atoms with Crippen LogP contribution >= 0.6 is 0 Å². The van der Waals surface area contributed by atoms with Crippen molar-refractivity contribution in [1.82, 2.24) is 0 Å². The zero-order valence-corrected chi connectivity index (χ0v) is 8.73. The first-order valence-corrected chi connectivity index (χ1v) is 7.25. The molecule has 0 aromatic heterocycles. The van der Waals surface area contributed by atoms with Crippen LogP contribution in [0.5, 0.6) is 0 Å². The van der Waals surface area contributed by atoms with Crippen LogP contribution in [0.1, 0.15) is 6.92 Å². The minimum atomic E-state index is -1.22. The molecule has 1 N–H and O–H groups in total. The van der Waals surface area contributed by atoms with E-state index in [-0.39, 0.29) is 6.61 Å². The van der Waals surface area contributed by atoms with Crippen molar-refractivity contribution in [3.05, 3.63) is 11.6 Å². The summed E-state index contributed by atoms with van der Waals surface area (Å²) in [5.74, 6) is 2.97. The summed E-state index contributed by atoms with van der Waals surface area (Å²) in [4.78, 5) is 0. The fourth-order valence-electron chi connectivity index (χ4n) is 0.421. The maximum absolute atomic E-state index is 8.64. The highest BCUT2D eigenvalue weighted by molar-refractivity contribution is 6.83. The molecule has 0 radical (unpaired) electrons. The largest absolute Gasteiger partial charge is 0.392 e. The van der Waals surface area contributed by atoms with Crippen LogP contribution in [0, 0.1) is 11.5 Å². The predicted molar refractivity (Wildman–Crippen MR) is 52.0 cm³/mol. The van der Waals surface area contributed by atoms with Crippen molar-refractivity contribution in [2.24, 2.45) is 0 Å². The van der Waals surface area contributed by atoms with E-state index in [1.54, 1.807) is 6.08 Å². The highest BCUT2D eigenvalue weighted by Crippen LogP contribution is 1.96. The average molecular weight is 168 g/mol. The second-order valence-electron chi connectivity index (χ2n) is 3.67. The van der Waals surface area contributed by atoms with Crippen molar-refractivity contribution >= 4 is 8.07 Å². The molecule has 0 amide bonds. The Labute approximate surface area is 70.1 Å². The van der Waals surface area contributed by atoms with Gasteiger partial charge in [0.15, 0.2) is 0 Å². The van der Waals surface area contributed by atoms with Crippen molar-refractivity contribution in [1.29, 1.82) is 0 Å². The van der Waals surface area contributed by atoms with Crippen molar-refractivity contribution in [3.63, 3.8) is 0 Å². The Kier molecular flexibility index (Phi) is 4.17. The first kappa shape index (κ1) is 10.5. The molecule has 0 saturated carbocycles. The zero-order valence-electron chi connectivity index (χ0n) is 7.73. The number of aliphatic hydroxyl groups is 1. The van der Waals surface area contributed by atoms with Gasteiger partial charge in [0.1, 0.15) is 8.07 Å². The Bertz CT molecular complexity index is 200. The van der Waals surface area contributed by atoms with Gasteiger partial charge in [0, 0.05) is 0 Å². The molecule has 0 saturated heterocycles. The maximum atomic E-state index is 8.64. The summed E-state index contributed by atoms with van der Waals surface area (Å²) < 4.78 is 0. The maximum Gasteiger partial charge on any atom is 0.129 e. The summed E-state index contributed by atoms with van der Waals surface area (Å²) in [6.45, 7) is 8.58. The van der Waals surface area contributed by atoms with Crippen molar-refractivity contribution in [2.75, 3.05) is 6.61 Å². The van der Waals surface area contributed by atoms with Crippen LogP contribution < -0.4 is 0 Å². The lowest BCUT2D eigenvalue weighted by Gasteiger charge is -2.02. The van der Waals surface area contributed by atoms with Crippen molar-refractivity contribution < 1.29 is 5.11 Å². The Hall–Kier alpha value is -0.523. The van der Waals surface area contributed by atoms with Crippen LogP contribution in [-0.4, -0.2) is 19.8 Å². The topological polar surface area (TPSA) is 20.2 Å². The number of hydrogen-bond acceptors (Lipinski definition) is 1. The van der Waals surface area contributed by atoms with Gasteiger partial charge in [0.25, 0.3) is 0 Å². The smallest absolute Gasteiger partial charge is 0.129 e.